The molecule has 3 aliphatic heterocycles. The molecule has 140 valence electrons. The van der Waals surface area contributed by atoms with Crippen LogP contribution >= 0.6 is 0 Å². The summed E-state index contributed by atoms with van der Waals surface area (Å²) in [4.78, 5) is 30.0. The van der Waals surface area contributed by atoms with Crippen LogP contribution in [0.15, 0.2) is 24.4 Å². The van der Waals surface area contributed by atoms with E-state index >= 15 is 0 Å². The number of aromatic amines is 1. The molecule has 0 radical (unpaired) electrons. The summed E-state index contributed by atoms with van der Waals surface area (Å²) in [5.41, 5.74) is 0.242. The molecule has 0 aromatic carbocycles. The van der Waals surface area contributed by atoms with Crippen molar-refractivity contribution in [1.29, 1.82) is 0 Å². The largest absolute Gasteiger partial charge is 0.360 e. The van der Waals surface area contributed by atoms with Crippen LogP contribution in [0.5, 0.6) is 0 Å². The summed E-state index contributed by atoms with van der Waals surface area (Å²) in [6.07, 6.45) is 7.17. The van der Waals surface area contributed by atoms with E-state index in [1.165, 1.54) is 0 Å². The predicted octanol–water partition coefficient (Wildman–Crippen LogP) is 1.34. The minimum atomic E-state index is -0.626. The van der Waals surface area contributed by atoms with Crippen LogP contribution in [-0.4, -0.2) is 63.2 Å². The number of carbonyl (C=O) groups is 2. The van der Waals surface area contributed by atoms with E-state index in [1.54, 1.807) is 18.1 Å². The molecule has 0 saturated carbocycles. The van der Waals surface area contributed by atoms with Gasteiger partial charge in [-0.1, -0.05) is 26.0 Å². The van der Waals surface area contributed by atoms with Gasteiger partial charge in [-0.25, -0.2) is 0 Å². The van der Waals surface area contributed by atoms with Gasteiger partial charge >= 0.3 is 0 Å². The molecule has 0 unspecified atom stereocenters. The number of H-pyrrole nitrogens is 1. The van der Waals surface area contributed by atoms with E-state index in [-0.39, 0.29) is 24.0 Å². The Hall–Kier alpha value is -2.15. The average molecular weight is 358 g/mol. The number of likely N-dealkylation sites (tertiary alicyclic amines) is 1. The number of fused-ring (bicyclic) bond motifs is 1. The van der Waals surface area contributed by atoms with Crippen molar-refractivity contribution >= 4 is 11.8 Å². The minimum absolute atomic E-state index is 0.0411. The van der Waals surface area contributed by atoms with Crippen molar-refractivity contribution in [3.05, 3.63) is 30.1 Å². The zero-order valence-electron chi connectivity index (χ0n) is 15.5. The lowest BCUT2D eigenvalue weighted by Crippen LogP contribution is -2.45. The molecule has 4 rings (SSSR count). The number of carbonyl (C=O) groups excluding carboxylic acids is 2. The Bertz CT molecular complexity index is 727. The summed E-state index contributed by atoms with van der Waals surface area (Å²) in [5, 5.41) is 6.80. The van der Waals surface area contributed by atoms with E-state index in [0.717, 1.165) is 18.5 Å². The first kappa shape index (κ1) is 17.3. The van der Waals surface area contributed by atoms with Gasteiger partial charge in [0.25, 0.3) is 0 Å². The molecule has 4 heterocycles. The number of nitrogens with zero attached hydrogens (tertiary/aromatic N) is 3. The molecule has 2 saturated heterocycles. The summed E-state index contributed by atoms with van der Waals surface area (Å²) < 4.78 is 6.20. The second-order valence-electron chi connectivity index (χ2n) is 7.61. The van der Waals surface area contributed by atoms with Gasteiger partial charge in [0.15, 0.2) is 0 Å². The summed E-state index contributed by atoms with van der Waals surface area (Å²) >= 11 is 0. The van der Waals surface area contributed by atoms with Gasteiger partial charge in [-0.2, -0.15) is 5.10 Å². The van der Waals surface area contributed by atoms with Crippen molar-refractivity contribution in [2.24, 2.45) is 11.8 Å². The van der Waals surface area contributed by atoms with Crippen LogP contribution in [0.1, 0.15) is 32.4 Å². The molecule has 26 heavy (non-hydrogen) atoms. The molecule has 1 N–H and O–H groups in total. The molecule has 1 spiro atoms. The van der Waals surface area contributed by atoms with E-state index in [9.17, 15) is 9.59 Å². The third-order valence-electron chi connectivity index (χ3n) is 6.14. The fourth-order valence-corrected chi connectivity index (χ4v) is 4.81. The van der Waals surface area contributed by atoms with Crippen molar-refractivity contribution < 1.29 is 14.3 Å². The van der Waals surface area contributed by atoms with Gasteiger partial charge in [0.1, 0.15) is 5.60 Å². The van der Waals surface area contributed by atoms with Gasteiger partial charge < -0.3 is 14.5 Å². The van der Waals surface area contributed by atoms with Crippen molar-refractivity contribution in [2.75, 3.05) is 13.6 Å². The molecule has 2 bridgehead atoms. The van der Waals surface area contributed by atoms with Crippen molar-refractivity contribution in [3.8, 4) is 0 Å². The van der Waals surface area contributed by atoms with Crippen LogP contribution < -0.4 is 0 Å². The van der Waals surface area contributed by atoms with Crippen LogP contribution in [0.3, 0.4) is 0 Å². The smallest absolute Gasteiger partial charge is 0.230 e. The first-order valence-electron chi connectivity index (χ1n) is 9.41. The minimum Gasteiger partial charge on any atom is -0.360 e. The van der Waals surface area contributed by atoms with E-state index in [4.69, 9.17) is 4.74 Å². The second-order valence-corrected chi connectivity index (χ2v) is 7.61. The zero-order valence-corrected chi connectivity index (χ0v) is 15.5. The molecule has 4 atom stereocenters. The quantitative estimate of drug-likeness (QED) is 0.779. The van der Waals surface area contributed by atoms with Crippen molar-refractivity contribution in [2.45, 2.75) is 51.0 Å². The van der Waals surface area contributed by atoms with Crippen LogP contribution in [0.4, 0.5) is 0 Å². The zero-order chi connectivity index (χ0) is 18.5. The number of rotatable bonds is 6. The Morgan fingerprint density at radius 2 is 2.27 bits per heavy atom. The molecular formula is C19H26N4O3. The molecule has 2 amide bonds. The number of amides is 2. The molecule has 3 aliphatic rings. The van der Waals surface area contributed by atoms with Crippen LogP contribution in [-0.2, 0) is 20.9 Å². The maximum atomic E-state index is 13.2. The lowest BCUT2D eigenvalue weighted by molar-refractivity contribution is -0.143. The fourth-order valence-electron chi connectivity index (χ4n) is 4.81. The number of aromatic nitrogens is 2. The van der Waals surface area contributed by atoms with Gasteiger partial charge in [0.2, 0.25) is 11.8 Å². The van der Waals surface area contributed by atoms with E-state index in [0.29, 0.717) is 13.1 Å². The molecule has 7 nitrogen and oxygen atoms in total. The highest BCUT2D eigenvalue weighted by molar-refractivity contribution is 5.93. The maximum Gasteiger partial charge on any atom is 0.230 e. The number of hydrogen-bond donors (Lipinski definition) is 1. The Balaban J connectivity index is 1.57. The van der Waals surface area contributed by atoms with E-state index in [1.807, 2.05) is 23.1 Å². The molecule has 7 heteroatoms. The topological polar surface area (TPSA) is 78.5 Å². The standard InChI is InChI=1S/C19H26N4O3/c1-4-13(5-2)23-11-19-8-6-14(26-19)15(16(19)18(23)25)17(24)22(3)10-12-7-9-20-21-12/h6-9,13-16H,4-5,10-11H2,1-3H3,(H,20,21)/t14-,15-,16-,19-/m0/s1. The van der Waals surface area contributed by atoms with Gasteiger partial charge in [-0.15, -0.1) is 0 Å². The lowest BCUT2D eigenvalue weighted by atomic mass is 9.76. The lowest BCUT2D eigenvalue weighted by Gasteiger charge is -2.29. The van der Waals surface area contributed by atoms with E-state index < -0.39 is 17.4 Å². The summed E-state index contributed by atoms with van der Waals surface area (Å²) in [7, 11) is 1.77. The van der Waals surface area contributed by atoms with Crippen LogP contribution in [0.25, 0.3) is 0 Å². The average Bonchev–Trinajstić information content (AvgIpc) is 3.38. The fraction of sp³-hybridized carbons (Fsp3) is 0.632. The third kappa shape index (κ3) is 2.40. The number of hydrogen-bond acceptors (Lipinski definition) is 4. The van der Waals surface area contributed by atoms with Gasteiger partial charge in [-0.05, 0) is 18.9 Å². The maximum absolute atomic E-state index is 13.2. The van der Waals surface area contributed by atoms with Crippen molar-refractivity contribution in [1.82, 2.24) is 20.0 Å². The highest BCUT2D eigenvalue weighted by Gasteiger charge is 2.67. The first-order chi connectivity index (χ1) is 12.5. The number of nitrogens with one attached hydrogen (secondary N) is 1. The Labute approximate surface area is 153 Å². The third-order valence-corrected chi connectivity index (χ3v) is 6.14. The Morgan fingerprint density at radius 1 is 1.50 bits per heavy atom. The summed E-state index contributed by atoms with van der Waals surface area (Å²) in [6.45, 7) is 5.20. The van der Waals surface area contributed by atoms with Gasteiger partial charge in [0, 0.05) is 19.3 Å². The van der Waals surface area contributed by atoms with Crippen LogP contribution in [0.2, 0.25) is 0 Å². The van der Waals surface area contributed by atoms with Crippen LogP contribution in [0, 0.1) is 11.8 Å². The SMILES string of the molecule is CCC(CC)N1C[C@]23C=C[C@H](O2)[C@H](C(=O)N(C)Cc2ccn[nH]2)[C@H]3C1=O. The van der Waals surface area contributed by atoms with Gasteiger partial charge in [-0.3, -0.25) is 14.7 Å². The predicted molar refractivity (Wildman–Crippen MR) is 94.9 cm³/mol. The highest BCUT2D eigenvalue weighted by atomic mass is 16.5. The highest BCUT2D eigenvalue weighted by Crippen LogP contribution is 2.52. The van der Waals surface area contributed by atoms with E-state index in [2.05, 4.69) is 24.0 Å². The molecule has 2 fully saturated rings. The monoisotopic (exact) mass is 358 g/mol. The normalized spacial score (nSPS) is 31.9. The van der Waals surface area contributed by atoms with Gasteiger partial charge in [0.05, 0.1) is 36.7 Å². The number of ether oxygens (including phenoxy) is 1. The second kappa shape index (κ2) is 6.23. The Kier molecular flexibility index (Phi) is 4.14. The molecule has 0 aliphatic carbocycles. The molecule has 1 aromatic heterocycles. The first-order valence-corrected chi connectivity index (χ1v) is 9.41. The van der Waals surface area contributed by atoms with Crippen molar-refractivity contribution in [3.63, 3.8) is 0 Å². The molecular weight excluding hydrogens is 332 g/mol. The summed E-state index contributed by atoms with van der Waals surface area (Å²) in [6, 6.07) is 2.05. The summed E-state index contributed by atoms with van der Waals surface area (Å²) in [5.74, 6) is -0.825. The molecule has 1 aromatic rings. The Morgan fingerprint density at radius 3 is 2.92 bits per heavy atom.